The first-order valence-electron chi connectivity index (χ1n) is 4.31. The molecule has 66 valence electrons. The summed E-state index contributed by atoms with van der Waals surface area (Å²) in [7, 11) is 0. The Morgan fingerprint density at radius 1 is 1.00 bits per heavy atom. The molecule has 1 rings (SSSR count). The first kappa shape index (κ1) is 8.97. The summed E-state index contributed by atoms with van der Waals surface area (Å²) in [6.45, 7) is 2.55. The second-order valence-corrected chi connectivity index (χ2v) is 3.20. The van der Waals surface area contributed by atoms with Crippen molar-refractivity contribution in [3.05, 3.63) is 0 Å². The van der Waals surface area contributed by atoms with Gasteiger partial charge in [-0.2, -0.15) is 0 Å². The zero-order valence-corrected chi connectivity index (χ0v) is 6.79. The van der Waals surface area contributed by atoms with E-state index in [0.717, 1.165) is 25.9 Å². The highest BCUT2D eigenvalue weighted by molar-refractivity contribution is 4.80. The third-order valence-electron chi connectivity index (χ3n) is 2.48. The Morgan fingerprint density at radius 2 is 1.45 bits per heavy atom. The van der Waals surface area contributed by atoms with Gasteiger partial charge in [-0.15, -0.1) is 0 Å². The highest BCUT2D eigenvalue weighted by Gasteiger charge is 2.25. The van der Waals surface area contributed by atoms with E-state index in [1.807, 2.05) is 0 Å². The monoisotopic (exact) mass is 159 g/mol. The standard InChI is InChI=1S/C8H17NO2/c10-3-1-7-5-9-6-8(7)2-4-11/h7-11H,1-6H2/t7-,8-/m0/s1. The van der Waals surface area contributed by atoms with Gasteiger partial charge in [-0.1, -0.05) is 0 Å². The van der Waals surface area contributed by atoms with Crippen LogP contribution in [0.2, 0.25) is 0 Å². The molecule has 1 aliphatic heterocycles. The SMILES string of the molecule is OCC[C@H]1CNC[C@@H]1CCO. The third-order valence-corrected chi connectivity index (χ3v) is 2.48. The lowest BCUT2D eigenvalue weighted by Gasteiger charge is -2.15. The van der Waals surface area contributed by atoms with Crippen molar-refractivity contribution in [3.8, 4) is 0 Å². The van der Waals surface area contributed by atoms with E-state index < -0.39 is 0 Å². The van der Waals surface area contributed by atoms with Gasteiger partial charge in [0.15, 0.2) is 0 Å². The smallest absolute Gasteiger partial charge is 0.0434 e. The minimum atomic E-state index is 0.272. The van der Waals surface area contributed by atoms with Gasteiger partial charge in [0.2, 0.25) is 0 Å². The number of aliphatic hydroxyl groups excluding tert-OH is 2. The fourth-order valence-corrected chi connectivity index (χ4v) is 1.79. The number of nitrogens with one attached hydrogen (secondary N) is 1. The van der Waals surface area contributed by atoms with Gasteiger partial charge in [0, 0.05) is 13.2 Å². The molecule has 3 N–H and O–H groups in total. The molecular weight excluding hydrogens is 142 g/mol. The van der Waals surface area contributed by atoms with E-state index >= 15 is 0 Å². The Balaban J connectivity index is 2.25. The van der Waals surface area contributed by atoms with Crippen LogP contribution in [0, 0.1) is 11.8 Å². The molecule has 0 saturated carbocycles. The van der Waals surface area contributed by atoms with E-state index in [2.05, 4.69) is 5.32 Å². The second-order valence-electron chi connectivity index (χ2n) is 3.20. The van der Waals surface area contributed by atoms with E-state index in [0.29, 0.717) is 11.8 Å². The number of rotatable bonds is 4. The maximum Gasteiger partial charge on any atom is 0.0434 e. The molecule has 3 nitrogen and oxygen atoms in total. The molecular formula is C8H17NO2. The van der Waals surface area contributed by atoms with Gasteiger partial charge in [-0.05, 0) is 37.8 Å². The molecule has 3 heteroatoms. The summed E-state index contributed by atoms with van der Waals surface area (Å²) in [6.07, 6.45) is 1.75. The average Bonchev–Trinajstić information content (AvgIpc) is 2.39. The summed E-state index contributed by atoms with van der Waals surface area (Å²) in [6, 6.07) is 0. The van der Waals surface area contributed by atoms with E-state index in [4.69, 9.17) is 10.2 Å². The lowest BCUT2D eigenvalue weighted by atomic mass is 9.91. The normalized spacial score (nSPS) is 31.1. The Bertz CT molecular complexity index is 96.3. The maximum absolute atomic E-state index is 8.72. The van der Waals surface area contributed by atoms with Crippen LogP contribution in [0.3, 0.4) is 0 Å². The van der Waals surface area contributed by atoms with Crippen molar-refractivity contribution in [2.24, 2.45) is 11.8 Å². The molecule has 1 aliphatic rings. The summed E-state index contributed by atoms with van der Waals surface area (Å²) in [5.41, 5.74) is 0. The van der Waals surface area contributed by atoms with Crippen LogP contribution in [0.1, 0.15) is 12.8 Å². The van der Waals surface area contributed by atoms with Gasteiger partial charge in [0.25, 0.3) is 0 Å². The van der Waals surface area contributed by atoms with Crippen molar-refractivity contribution in [3.63, 3.8) is 0 Å². The quantitative estimate of drug-likeness (QED) is 0.522. The van der Waals surface area contributed by atoms with Crippen LogP contribution in [0.4, 0.5) is 0 Å². The Morgan fingerprint density at radius 3 is 1.82 bits per heavy atom. The van der Waals surface area contributed by atoms with Gasteiger partial charge in [-0.3, -0.25) is 0 Å². The van der Waals surface area contributed by atoms with Crippen molar-refractivity contribution >= 4 is 0 Å². The lowest BCUT2D eigenvalue weighted by Crippen LogP contribution is -2.15. The maximum atomic E-state index is 8.72. The molecule has 0 aliphatic carbocycles. The molecule has 1 saturated heterocycles. The molecule has 0 radical (unpaired) electrons. The van der Waals surface area contributed by atoms with Crippen molar-refractivity contribution in [1.82, 2.24) is 5.32 Å². The predicted octanol–water partition coefficient (Wildman–Crippen LogP) is -0.413. The highest BCUT2D eigenvalue weighted by atomic mass is 16.3. The van der Waals surface area contributed by atoms with Crippen LogP contribution in [-0.4, -0.2) is 36.5 Å². The molecule has 0 unspecified atom stereocenters. The van der Waals surface area contributed by atoms with Crippen LogP contribution >= 0.6 is 0 Å². The minimum absolute atomic E-state index is 0.272. The topological polar surface area (TPSA) is 52.5 Å². The Hall–Kier alpha value is -0.120. The molecule has 2 atom stereocenters. The Kier molecular flexibility index (Phi) is 3.83. The number of aliphatic hydroxyl groups is 2. The molecule has 1 fully saturated rings. The molecule has 0 spiro atoms. The zero-order chi connectivity index (χ0) is 8.10. The summed E-state index contributed by atoms with van der Waals surface area (Å²) < 4.78 is 0. The summed E-state index contributed by atoms with van der Waals surface area (Å²) in [4.78, 5) is 0. The summed E-state index contributed by atoms with van der Waals surface area (Å²) in [5, 5.41) is 20.7. The molecule has 0 aromatic heterocycles. The highest BCUT2D eigenvalue weighted by Crippen LogP contribution is 2.22. The summed E-state index contributed by atoms with van der Waals surface area (Å²) in [5.74, 6) is 1.15. The molecule has 0 bridgehead atoms. The minimum Gasteiger partial charge on any atom is -0.396 e. The van der Waals surface area contributed by atoms with Crippen LogP contribution in [-0.2, 0) is 0 Å². The van der Waals surface area contributed by atoms with E-state index in [1.54, 1.807) is 0 Å². The second kappa shape index (κ2) is 4.70. The lowest BCUT2D eigenvalue weighted by molar-refractivity contribution is 0.210. The van der Waals surface area contributed by atoms with Gasteiger partial charge in [0.05, 0.1) is 0 Å². The molecule has 0 amide bonds. The molecule has 0 aromatic rings. The number of hydrogen-bond acceptors (Lipinski definition) is 3. The van der Waals surface area contributed by atoms with Gasteiger partial charge in [-0.25, -0.2) is 0 Å². The predicted molar refractivity (Wildman–Crippen MR) is 43.3 cm³/mol. The first-order valence-corrected chi connectivity index (χ1v) is 4.31. The van der Waals surface area contributed by atoms with E-state index in [1.165, 1.54) is 0 Å². The average molecular weight is 159 g/mol. The van der Waals surface area contributed by atoms with E-state index in [9.17, 15) is 0 Å². The Labute approximate surface area is 67.4 Å². The van der Waals surface area contributed by atoms with Gasteiger partial charge >= 0.3 is 0 Å². The largest absolute Gasteiger partial charge is 0.396 e. The van der Waals surface area contributed by atoms with Crippen LogP contribution in [0.25, 0.3) is 0 Å². The first-order chi connectivity index (χ1) is 5.38. The van der Waals surface area contributed by atoms with Gasteiger partial charge in [0.1, 0.15) is 0 Å². The van der Waals surface area contributed by atoms with Crippen molar-refractivity contribution in [1.29, 1.82) is 0 Å². The van der Waals surface area contributed by atoms with Crippen molar-refractivity contribution in [2.45, 2.75) is 12.8 Å². The van der Waals surface area contributed by atoms with Crippen LogP contribution < -0.4 is 5.32 Å². The summed E-state index contributed by atoms with van der Waals surface area (Å²) >= 11 is 0. The van der Waals surface area contributed by atoms with Crippen molar-refractivity contribution in [2.75, 3.05) is 26.3 Å². The fourth-order valence-electron chi connectivity index (χ4n) is 1.79. The molecule has 0 aromatic carbocycles. The van der Waals surface area contributed by atoms with Gasteiger partial charge < -0.3 is 15.5 Å². The van der Waals surface area contributed by atoms with E-state index in [-0.39, 0.29) is 13.2 Å². The fraction of sp³-hybridized carbons (Fsp3) is 1.00. The third kappa shape index (κ3) is 2.43. The van der Waals surface area contributed by atoms with Crippen LogP contribution in [0.15, 0.2) is 0 Å². The number of hydrogen-bond donors (Lipinski definition) is 3. The van der Waals surface area contributed by atoms with Crippen LogP contribution in [0.5, 0.6) is 0 Å². The molecule has 1 heterocycles. The zero-order valence-electron chi connectivity index (χ0n) is 6.79. The van der Waals surface area contributed by atoms with Crippen molar-refractivity contribution < 1.29 is 10.2 Å². The molecule has 11 heavy (non-hydrogen) atoms.